The van der Waals surface area contributed by atoms with Crippen LogP contribution in [0.2, 0.25) is 13.3 Å². The van der Waals surface area contributed by atoms with Crippen LogP contribution in [-0.2, 0) is 0 Å². The van der Waals surface area contributed by atoms with Gasteiger partial charge in [-0.1, -0.05) is 0 Å². The molecule has 0 spiro atoms. The van der Waals surface area contributed by atoms with Crippen molar-refractivity contribution in [3.63, 3.8) is 0 Å². The van der Waals surface area contributed by atoms with Crippen molar-refractivity contribution in [1.29, 1.82) is 0 Å². The van der Waals surface area contributed by atoms with Crippen LogP contribution in [0, 0.1) is 0 Å². The molecule has 0 aromatic carbocycles. The Balaban J connectivity index is 3.18. The summed E-state index contributed by atoms with van der Waals surface area (Å²) >= 11 is -2.55. The molecule has 0 saturated heterocycles. The average molecular weight is 411 g/mol. The quantitative estimate of drug-likeness (QED) is 0.524. The monoisotopic (exact) mass is 412 g/mol. The van der Waals surface area contributed by atoms with Gasteiger partial charge in [0.15, 0.2) is 0 Å². The molecule has 0 saturated carbocycles. The fraction of sp³-hybridized carbons (Fsp3) is 0.667. The summed E-state index contributed by atoms with van der Waals surface area (Å²) in [5, 5.41) is 11.2. The van der Waals surface area contributed by atoms with Crippen LogP contribution in [0.15, 0.2) is 18.5 Å². The van der Waals surface area contributed by atoms with Crippen LogP contribution >= 0.6 is 0 Å². The van der Waals surface area contributed by atoms with Crippen molar-refractivity contribution in [2.45, 2.75) is 72.6 Å². The molecule has 0 aliphatic rings. The first kappa shape index (κ1) is 19.5. The van der Waals surface area contributed by atoms with Crippen molar-refractivity contribution in [2.24, 2.45) is 0 Å². The van der Waals surface area contributed by atoms with Gasteiger partial charge in [0.1, 0.15) is 0 Å². The summed E-state index contributed by atoms with van der Waals surface area (Å²) in [5.74, 6) is -1.10. The molecule has 0 atom stereocenters. The fourth-order valence-corrected chi connectivity index (χ4v) is 18.9. The van der Waals surface area contributed by atoms with E-state index in [4.69, 9.17) is 0 Å². The van der Waals surface area contributed by atoms with Gasteiger partial charge in [-0.25, -0.2) is 0 Å². The van der Waals surface area contributed by atoms with E-state index >= 15 is 0 Å². The Labute approximate surface area is 139 Å². The zero-order chi connectivity index (χ0) is 16.4. The van der Waals surface area contributed by atoms with Gasteiger partial charge in [-0.05, 0) is 0 Å². The molecule has 3 nitrogen and oxygen atoms in total. The van der Waals surface area contributed by atoms with E-state index in [9.17, 15) is 9.90 Å². The third kappa shape index (κ3) is 5.56. The van der Waals surface area contributed by atoms with Gasteiger partial charge in [-0.3, -0.25) is 0 Å². The predicted octanol–water partition coefficient (Wildman–Crippen LogP) is 3.50. The topological polar surface area (TPSA) is 53.0 Å². The molecule has 22 heavy (non-hydrogen) atoms. The zero-order valence-corrected chi connectivity index (χ0v) is 17.2. The number of carbonyl (C=O) groups excluding carboxylic acids is 1. The van der Waals surface area contributed by atoms with Crippen LogP contribution in [0.5, 0.6) is 0 Å². The van der Waals surface area contributed by atoms with E-state index in [0.717, 1.165) is 0 Å². The van der Waals surface area contributed by atoms with Gasteiger partial charge in [0, 0.05) is 0 Å². The van der Waals surface area contributed by atoms with E-state index in [1.165, 1.54) is 61.6 Å². The van der Waals surface area contributed by atoms with Crippen LogP contribution in [0.1, 0.15) is 69.7 Å². The van der Waals surface area contributed by atoms with Gasteiger partial charge >= 0.3 is 139 Å². The van der Waals surface area contributed by atoms with Gasteiger partial charge in [0.05, 0.1) is 0 Å². The number of pyridine rings is 1. The molecule has 0 amide bonds. The fourth-order valence-electron chi connectivity index (χ4n) is 3.20. The first-order chi connectivity index (χ1) is 10.6. The number of aromatic carboxylic acids is 1. The van der Waals surface area contributed by atoms with Crippen molar-refractivity contribution in [3.8, 4) is 0 Å². The maximum absolute atomic E-state index is 11.2. The van der Waals surface area contributed by atoms with Gasteiger partial charge in [0.2, 0.25) is 0 Å². The van der Waals surface area contributed by atoms with Crippen molar-refractivity contribution < 1.29 is 9.90 Å². The van der Waals surface area contributed by atoms with Crippen LogP contribution in [-0.4, -0.2) is 29.3 Å². The van der Waals surface area contributed by atoms with Crippen LogP contribution in [0.25, 0.3) is 0 Å². The third-order valence-corrected chi connectivity index (χ3v) is 20.1. The summed E-state index contributed by atoms with van der Waals surface area (Å²) in [6, 6.07) is 1.89. The molecule has 4 heteroatoms. The Morgan fingerprint density at radius 3 is 1.91 bits per heavy atom. The SMILES string of the molecule is CCC[CH2][Sn]([CH2]CCC)([CH2]CCC)[c]1cncc(C(=O)[O-])c1. The minimum atomic E-state index is -2.55. The molecule has 0 unspecified atom stereocenters. The van der Waals surface area contributed by atoms with Gasteiger partial charge in [0.25, 0.3) is 0 Å². The second kappa shape index (κ2) is 10.2. The first-order valence-corrected chi connectivity index (χ1v) is 16.2. The summed E-state index contributed by atoms with van der Waals surface area (Å²) in [6.45, 7) is 6.73. The molecule has 124 valence electrons. The Morgan fingerprint density at radius 2 is 1.50 bits per heavy atom. The maximum atomic E-state index is 11.2. The Kier molecular flexibility index (Phi) is 9.06. The van der Waals surface area contributed by atoms with Crippen molar-refractivity contribution in [2.75, 3.05) is 0 Å². The van der Waals surface area contributed by atoms with E-state index in [1.54, 1.807) is 0 Å². The molecule has 1 heterocycles. The van der Waals surface area contributed by atoms with Gasteiger partial charge in [-0.2, -0.15) is 0 Å². The zero-order valence-electron chi connectivity index (χ0n) is 14.4. The van der Waals surface area contributed by atoms with Crippen molar-refractivity contribution in [1.82, 2.24) is 4.98 Å². The molecular formula is C18H30NO2Sn-. The number of unbranched alkanes of at least 4 members (excludes halogenated alkanes) is 3. The Morgan fingerprint density at radius 1 is 1.00 bits per heavy atom. The third-order valence-electron chi connectivity index (χ3n) is 4.61. The standard InChI is InChI=1S/C6H4NO2.3C4H9.Sn/c8-6(9)5-2-1-3-7-4-5;3*1-3-4-2;/h2-4H,(H,8,9);3*1,3-4H2,2H3;/p-1. The number of carboxylic acids is 1. The van der Waals surface area contributed by atoms with Crippen LogP contribution in [0.4, 0.5) is 0 Å². The number of carbonyl (C=O) groups is 1. The summed E-state index contributed by atoms with van der Waals surface area (Å²) < 4.78 is 5.27. The number of aromatic nitrogens is 1. The van der Waals surface area contributed by atoms with Crippen molar-refractivity contribution >= 4 is 27.9 Å². The summed E-state index contributed by atoms with van der Waals surface area (Å²) in [5.41, 5.74) is 0.253. The molecular weight excluding hydrogens is 381 g/mol. The average Bonchev–Trinajstić information content (AvgIpc) is 2.54. The summed E-state index contributed by atoms with van der Waals surface area (Å²) in [4.78, 5) is 15.4. The number of nitrogens with zero attached hydrogens (tertiary/aromatic N) is 1. The van der Waals surface area contributed by atoms with Crippen LogP contribution < -0.4 is 8.69 Å². The number of hydrogen-bond acceptors (Lipinski definition) is 3. The van der Waals surface area contributed by atoms with Crippen LogP contribution in [0.3, 0.4) is 0 Å². The molecule has 1 aromatic heterocycles. The molecule has 0 aliphatic heterocycles. The molecule has 0 fully saturated rings. The molecule has 0 radical (unpaired) electrons. The van der Waals surface area contributed by atoms with Crippen molar-refractivity contribution in [3.05, 3.63) is 24.0 Å². The number of carboxylic acid groups (broad SMARTS) is 1. The Bertz CT molecular complexity index is 440. The molecule has 0 aliphatic carbocycles. The predicted molar refractivity (Wildman–Crippen MR) is 93.1 cm³/mol. The van der Waals surface area contributed by atoms with Gasteiger partial charge in [-0.15, -0.1) is 0 Å². The van der Waals surface area contributed by atoms with E-state index in [0.29, 0.717) is 0 Å². The van der Waals surface area contributed by atoms with E-state index in [2.05, 4.69) is 25.8 Å². The molecule has 1 rings (SSSR count). The Hall–Kier alpha value is -0.581. The van der Waals surface area contributed by atoms with E-state index < -0.39 is 24.3 Å². The molecule has 1 aromatic rings. The van der Waals surface area contributed by atoms with E-state index in [-0.39, 0.29) is 5.56 Å². The number of hydrogen-bond donors (Lipinski definition) is 0. The first-order valence-electron chi connectivity index (χ1n) is 8.76. The second-order valence-electron chi connectivity index (χ2n) is 6.34. The van der Waals surface area contributed by atoms with E-state index in [1.807, 2.05) is 12.3 Å². The minimum absolute atomic E-state index is 0.253. The molecule has 0 N–H and O–H groups in total. The number of rotatable bonds is 11. The van der Waals surface area contributed by atoms with Gasteiger partial charge < -0.3 is 0 Å². The summed E-state index contributed by atoms with van der Waals surface area (Å²) in [7, 11) is 0. The normalized spacial score (nSPS) is 11.6. The molecule has 0 bridgehead atoms. The second-order valence-corrected chi connectivity index (χ2v) is 19.6. The summed E-state index contributed by atoms with van der Waals surface area (Å²) in [6.07, 6.45) is 10.8.